The van der Waals surface area contributed by atoms with E-state index in [0.29, 0.717) is 12.0 Å². The Morgan fingerprint density at radius 1 is 1.14 bits per heavy atom. The quantitative estimate of drug-likeness (QED) is 0.632. The molecular formula is C23H25N3O2. The molecule has 2 aromatic carbocycles. The molecule has 0 radical (unpaired) electrons. The maximum atomic E-state index is 12.4. The number of carbonyl (C=O) groups excluding carboxylic acids is 1. The molecule has 5 nitrogen and oxygen atoms in total. The average molecular weight is 375 g/mol. The van der Waals surface area contributed by atoms with Gasteiger partial charge in [0.25, 0.3) is 5.91 Å². The van der Waals surface area contributed by atoms with Crippen LogP contribution in [0, 0.1) is 5.92 Å². The highest BCUT2D eigenvalue weighted by Crippen LogP contribution is 2.40. The summed E-state index contributed by atoms with van der Waals surface area (Å²) in [5, 5.41) is 7.30. The first-order valence-electron chi connectivity index (χ1n) is 9.78. The zero-order chi connectivity index (χ0) is 19.3. The van der Waals surface area contributed by atoms with Crippen molar-refractivity contribution in [3.8, 4) is 5.75 Å². The molecule has 0 aliphatic heterocycles. The van der Waals surface area contributed by atoms with E-state index in [0.717, 1.165) is 23.6 Å². The summed E-state index contributed by atoms with van der Waals surface area (Å²) < 4.78 is 7.74. The van der Waals surface area contributed by atoms with Gasteiger partial charge in [0.1, 0.15) is 11.6 Å². The molecule has 28 heavy (non-hydrogen) atoms. The van der Waals surface area contributed by atoms with E-state index in [1.165, 1.54) is 18.4 Å². The molecular weight excluding hydrogens is 350 g/mol. The minimum Gasteiger partial charge on any atom is -0.483 e. The number of aromatic nitrogens is 2. The number of amides is 1. The lowest BCUT2D eigenvalue weighted by molar-refractivity contribution is -0.118. The number of benzene rings is 2. The molecule has 1 unspecified atom stereocenters. The van der Waals surface area contributed by atoms with Crippen molar-refractivity contribution in [3.63, 3.8) is 0 Å². The Balaban J connectivity index is 1.37. The molecule has 1 N–H and O–H groups in total. The zero-order valence-corrected chi connectivity index (χ0v) is 16.0. The molecule has 1 saturated carbocycles. The largest absolute Gasteiger partial charge is 0.483 e. The lowest BCUT2D eigenvalue weighted by Crippen LogP contribution is -2.23. The van der Waals surface area contributed by atoms with Crippen molar-refractivity contribution >= 4 is 11.7 Å². The maximum Gasteiger partial charge on any atom is 0.263 e. The summed E-state index contributed by atoms with van der Waals surface area (Å²) in [6, 6.07) is 20.2. The third-order valence-corrected chi connectivity index (χ3v) is 5.20. The Labute approximate surface area is 165 Å². The Kier molecular flexibility index (Phi) is 5.42. The van der Waals surface area contributed by atoms with Crippen LogP contribution in [0.25, 0.3) is 0 Å². The van der Waals surface area contributed by atoms with Gasteiger partial charge in [-0.1, -0.05) is 48.5 Å². The molecule has 1 atom stereocenters. The van der Waals surface area contributed by atoms with Crippen LogP contribution in [0.3, 0.4) is 0 Å². The van der Waals surface area contributed by atoms with Crippen LogP contribution in [0.1, 0.15) is 36.9 Å². The number of hydrogen-bond donors (Lipinski definition) is 1. The van der Waals surface area contributed by atoms with Gasteiger partial charge in [-0.25, -0.2) is 4.68 Å². The van der Waals surface area contributed by atoms with Gasteiger partial charge in [-0.3, -0.25) is 4.79 Å². The van der Waals surface area contributed by atoms with E-state index in [-0.39, 0.29) is 12.5 Å². The molecule has 1 aliphatic rings. The molecule has 1 aromatic heterocycles. The number of rotatable bonds is 8. The Morgan fingerprint density at radius 3 is 2.68 bits per heavy atom. The Morgan fingerprint density at radius 2 is 1.89 bits per heavy atom. The van der Waals surface area contributed by atoms with Crippen molar-refractivity contribution in [2.75, 3.05) is 11.9 Å². The number of hydrogen-bond acceptors (Lipinski definition) is 3. The van der Waals surface area contributed by atoms with Crippen LogP contribution in [-0.2, 0) is 11.2 Å². The van der Waals surface area contributed by atoms with Gasteiger partial charge in [-0.05, 0) is 42.9 Å². The van der Waals surface area contributed by atoms with Crippen LogP contribution in [0.2, 0.25) is 0 Å². The van der Waals surface area contributed by atoms with Crippen LogP contribution >= 0.6 is 0 Å². The predicted molar refractivity (Wildman–Crippen MR) is 109 cm³/mol. The van der Waals surface area contributed by atoms with Crippen LogP contribution in [0.4, 0.5) is 5.82 Å². The number of nitrogens with one attached hydrogen (secondary N) is 1. The highest BCUT2D eigenvalue weighted by atomic mass is 16.5. The van der Waals surface area contributed by atoms with Crippen LogP contribution in [-0.4, -0.2) is 22.3 Å². The first kappa shape index (κ1) is 18.3. The lowest BCUT2D eigenvalue weighted by Gasteiger charge is -2.16. The highest BCUT2D eigenvalue weighted by Gasteiger charge is 2.30. The summed E-state index contributed by atoms with van der Waals surface area (Å²) >= 11 is 0. The number of ether oxygens (including phenoxy) is 1. The molecule has 1 aliphatic carbocycles. The summed E-state index contributed by atoms with van der Waals surface area (Å²) in [6.45, 7) is 2.12. The Bertz CT molecular complexity index is 932. The maximum absolute atomic E-state index is 12.4. The van der Waals surface area contributed by atoms with Gasteiger partial charge in [0.2, 0.25) is 0 Å². The van der Waals surface area contributed by atoms with Gasteiger partial charge in [-0.2, -0.15) is 5.10 Å². The van der Waals surface area contributed by atoms with E-state index in [2.05, 4.69) is 29.5 Å². The summed E-state index contributed by atoms with van der Waals surface area (Å²) in [4.78, 5) is 12.4. The van der Waals surface area contributed by atoms with Gasteiger partial charge >= 0.3 is 0 Å². The second-order valence-electron chi connectivity index (χ2n) is 7.35. The number of anilines is 1. The van der Waals surface area contributed by atoms with E-state index < -0.39 is 0 Å². The van der Waals surface area contributed by atoms with Crippen molar-refractivity contribution in [3.05, 3.63) is 78.0 Å². The van der Waals surface area contributed by atoms with Crippen LogP contribution < -0.4 is 10.1 Å². The average Bonchev–Trinajstić information content (AvgIpc) is 3.47. The molecule has 144 valence electrons. The molecule has 3 aromatic rings. The molecule has 0 spiro atoms. The highest BCUT2D eigenvalue weighted by molar-refractivity contribution is 5.91. The number of nitrogens with zero attached hydrogens (tertiary/aromatic N) is 2. The molecule has 4 rings (SSSR count). The fourth-order valence-corrected chi connectivity index (χ4v) is 3.44. The van der Waals surface area contributed by atoms with Gasteiger partial charge in [0.05, 0.1) is 12.2 Å². The van der Waals surface area contributed by atoms with Crippen LogP contribution in [0.15, 0.2) is 66.9 Å². The second-order valence-corrected chi connectivity index (χ2v) is 7.35. The fraction of sp³-hybridized carbons (Fsp3) is 0.304. The zero-order valence-electron chi connectivity index (χ0n) is 16.0. The minimum absolute atomic E-state index is 0.0329. The third-order valence-electron chi connectivity index (χ3n) is 5.20. The minimum atomic E-state index is -0.181. The SMILES string of the molecule is CC(C1CC1)n1nccc1NC(=O)COc1ccccc1Cc1ccccc1. The van der Waals surface area contributed by atoms with Crippen molar-refractivity contribution in [2.45, 2.75) is 32.2 Å². The van der Waals surface area contributed by atoms with Gasteiger partial charge in [-0.15, -0.1) is 0 Å². The topological polar surface area (TPSA) is 56.2 Å². The van der Waals surface area contributed by atoms with Crippen molar-refractivity contribution in [1.29, 1.82) is 0 Å². The standard InChI is InChI=1S/C23H25N3O2/c1-17(19-11-12-19)26-22(13-14-24-26)25-23(27)16-28-21-10-6-5-9-20(21)15-18-7-3-2-4-8-18/h2-10,13-14,17,19H,11-12,15-16H2,1H3,(H,25,27). The summed E-state index contributed by atoms with van der Waals surface area (Å²) in [5.41, 5.74) is 2.27. The van der Waals surface area contributed by atoms with Gasteiger partial charge < -0.3 is 10.1 Å². The molecule has 0 bridgehead atoms. The molecule has 5 heteroatoms. The van der Waals surface area contributed by atoms with E-state index >= 15 is 0 Å². The first-order valence-corrected chi connectivity index (χ1v) is 9.78. The fourth-order valence-electron chi connectivity index (χ4n) is 3.44. The van der Waals surface area contributed by atoms with E-state index in [4.69, 9.17) is 4.74 Å². The number of para-hydroxylation sites is 1. The van der Waals surface area contributed by atoms with Crippen molar-refractivity contribution < 1.29 is 9.53 Å². The lowest BCUT2D eigenvalue weighted by atomic mass is 10.0. The smallest absolute Gasteiger partial charge is 0.263 e. The van der Waals surface area contributed by atoms with Crippen LogP contribution in [0.5, 0.6) is 5.75 Å². The first-order chi connectivity index (χ1) is 13.7. The number of carbonyl (C=O) groups is 1. The molecule has 0 saturated heterocycles. The normalized spacial score (nSPS) is 14.5. The van der Waals surface area contributed by atoms with E-state index in [9.17, 15) is 4.79 Å². The Hall–Kier alpha value is -3.08. The molecule has 1 amide bonds. The summed E-state index contributed by atoms with van der Waals surface area (Å²) in [7, 11) is 0. The summed E-state index contributed by atoms with van der Waals surface area (Å²) in [6.07, 6.45) is 4.96. The third kappa shape index (κ3) is 4.42. The summed E-state index contributed by atoms with van der Waals surface area (Å²) in [5.74, 6) is 1.95. The van der Waals surface area contributed by atoms with Crippen molar-refractivity contribution in [1.82, 2.24) is 9.78 Å². The molecule has 1 heterocycles. The molecule has 1 fully saturated rings. The second kappa shape index (κ2) is 8.30. The predicted octanol–water partition coefficient (Wildman–Crippen LogP) is 4.46. The van der Waals surface area contributed by atoms with Gasteiger partial charge in [0.15, 0.2) is 6.61 Å². The van der Waals surface area contributed by atoms with Crippen molar-refractivity contribution in [2.24, 2.45) is 5.92 Å². The van der Waals surface area contributed by atoms with E-state index in [1.54, 1.807) is 6.20 Å². The van der Waals surface area contributed by atoms with Gasteiger partial charge in [0, 0.05) is 12.5 Å². The monoisotopic (exact) mass is 375 g/mol. The van der Waals surface area contributed by atoms with E-state index in [1.807, 2.05) is 53.2 Å².